The minimum atomic E-state index is -0.114. The van der Waals surface area contributed by atoms with E-state index in [1.165, 1.54) is 0 Å². The highest BCUT2D eigenvalue weighted by atomic mass is 16.3. The van der Waals surface area contributed by atoms with Crippen LogP contribution in [-0.4, -0.2) is 27.7 Å². The molecule has 1 aliphatic rings. The van der Waals surface area contributed by atoms with Crippen molar-refractivity contribution in [2.24, 2.45) is 5.92 Å². The summed E-state index contributed by atoms with van der Waals surface area (Å²) in [6.45, 7) is 0.837. The third-order valence-electron chi connectivity index (χ3n) is 3.97. The Hall–Kier alpha value is -1.88. The third kappa shape index (κ3) is 2.82. The molecule has 0 atom stereocenters. The number of anilines is 2. The molecule has 3 rings (SSSR count). The minimum Gasteiger partial charge on any atom is -0.393 e. The van der Waals surface area contributed by atoms with E-state index in [0.29, 0.717) is 17.6 Å². The molecule has 1 heterocycles. The molecule has 0 amide bonds. The van der Waals surface area contributed by atoms with Gasteiger partial charge in [0.25, 0.3) is 0 Å². The highest BCUT2D eigenvalue weighted by Crippen LogP contribution is 2.25. The lowest BCUT2D eigenvalue weighted by atomic mass is 9.87. The molecule has 2 aromatic rings. The van der Waals surface area contributed by atoms with Gasteiger partial charge in [-0.15, -0.1) is 0 Å². The zero-order valence-corrected chi connectivity index (χ0v) is 11.4. The SMILES string of the molecule is Nc1nc2ccccc2nc1NCC1CCC(O)CC1. The molecule has 1 saturated carbocycles. The standard InChI is InChI=1S/C15H20N4O/c16-14-15(17-9-10-5-7-11(20)8-6-10)19-13-4-2-1-3-12(13)18-14/h1-4,10-11,20H,5-9H2,(H2,16,18)(H,17,19). The number of para-hydroxylation sites is 2. The van der Waals surface area contributed by atoms with Crippen LogP contribution >= 0.6 is 0 Å². The monoisotopic (exact) mass is 272 g/mol. The molecule has 20 heavy (non-hydrogen) atoms. The molecule has 5 nitrogen and oxygen atoms in total. The van der Waals surface area contributed by atoms with Gasteiger partial charge in [0, 0.05) is 6.54 Å². The van der Waals surface area contributed by atoms with E-state index in [0.717, 1.165) is 43.3 Å². The smallest absolute Gasteiger partial charge is 0.169 e. The Morgan fingerprint density at radius 3 is 2.45 bits per heavy atom. The molecule has 1 fully saturated rings. The summed E-state index contributed by atoms with van der Waals surface area (Å²) < 4.78 is 0. The van der Waals surface area contributed by atoms with Crippen molar-refractivity contribution < 1.29 is 5.11 Å². The van der Waals surface area contributed by atoms with E-state index in [2.05, 4.69) is 15.3 Å². The number of rotatable bonds is 3. The number of benzene rings is 1. The zero-order chi connectivity index (χ0) is 13.9. The van der Waals surface area contributed by atoms with Crippen LogP contribution in [-0.2, 0) is 0 Å². The number of nitrogens with one attached hydrogen (secondary N) is 1. The zero-order valence-electron chi connectivity index (χ0n) is 11.4. The summed E-state index contributed by atoms with van der Waals surface area (Å²) in [5.74, 6) is 1.68. The lowest BCUT2D eigenvalue weighted by Gasteiger charge is -2.25. The predicted octanol–water partition coefficient (Wildman–Crippen LogP) is 2.17. The lowest BCUT2D eigenvalue weighted by molar-refractivity contribution is 0.111. The average molecular weight is 272 g/mol. The first-order chi connectivity index (χ1) is 9.72. The number of nitrogens with two attached hydrogens (primary N) is 1. The number of aliphatic hydroxyl groups is 1. The van der Waals surface area contributed by atoms with Crippen molar-refractivity contribution in [2.75, 3.05) is 17.6 Å². The number of aliphatic hydroxyl groups excluding tert-OH is 1. The topological polar surface area (TPSA) is 84.1 Å². The first-order valence-electron chi connectivity index (χ1n) is 7.16. The van der Waals surface area contributed by atoms with Crippen LogP contribution in [0.2, 0.25) is 0 Å². The van der Waals surface area contributed by atoms with Crippen molar-refractivity contribution in [3.63, 3.8) is 0 Å². The summed E-state index contributed by atoms with van der Waals surface area (Å²) in [6, 6.07) is 7.71. The number of nitrogen functional groups attached to an aromatic ring is 1. The summed E-state index contributed by atoms with van der Waals surface area (Å²) in [7, 11) is 0. The van der Waals surface area contributed by atoms with Gasteiger partial charge in [-0.1, -0.05) is 12.1 Å². The lowest BCUT2D eigenvalue weighted by Crippen LogP contribution is -2.24. The second-order valence-corrected chi connectivity index (χ2v) is 5.50. The van der Waals surface area contributed by atoms with Gasteiger partial charge in [0.15, 0.2) is 11.6 Å². The van der Waals surface area contributed by atoms with Crippen molar-refractivity contribution in [1.82, 2.24) is 9.97 Å². The van der Waals surface area contributed by atoms with Crippen molar-refractivity contribution in [1.29, 1.82) is 0 Å². The Kier molecular flexibility index (Phi) is 3.69. The quantitative estimate of drug-likeness (QED) is 0.797. The van der Waals surface area contributed by atoms with Crippen LogP contribution in [0.15, 0.2) is 24.3 Å². The van der Waals surface area contributed by atoms with Crippen molar-refractivity contribution in [2.45, 2.75) is 31.8 Å². The number of nitrogens with zero attached hydrogens (tertiary/aromatic N) is 2. The Labute approximate surface area is 118 Å². The van der Waals surface area contributed by atoms with E-state index >= 15 is 0 Å². The van der Waals surface area contributed by atoms with Crippen LogP contribution in [0.3, 0.4) is 0 Å². The molecule has 0 unspecified atom stereocenters. The van der Waals surface area contributed by atoms with Crippen molar-refractivity contribution in [3.8, 4) is 0 Å². The van der Waals surface area contributed by atoms with E-state index in [-0.39, 0.29) is 6.10 Å². The van der Waals surface area contributed by atoms with Crippen LogP contribution in [0, 0.1) is 5.92 Å². The molecule has 1 aliphatic carbocycles. The fourth-order valence-electron chi connectivity index (χ4n) is 2.73. The molecule has 0 bridgehead atoms. The number of aromatic nitrogens is 2. The minimum absolute atomic E-state index is 0.114. The van der Waals surface area contributed by atoms with Gasteiger partial charge < -0.3 is 16.2 Å². The molecule has 0 aliphatic heterocycles. The normalized spacial score (nSPS) is 22.9. The summed E-state index contributed by atoms with van der Waals surface area (Å²) >= 11 is 0. The molecular formula is C15H20N4O. The van der Waals surface area contributed by atoms with E-state index in [1.807, 2.05) is 24.3 Å². The summed E-state index contributed by atoms with van der Waals surface area (Å²) in [5.41, 5.74) is 7.61. The molecule has 1 aromatic heterocycles. The Balaban J connectivity index is 1.69. The van der Waals surface area contributed by atoms with Gasteiger partial charge in [0.2, 0.25) is 0 Å². The number of hydrogen-bond acceptors (Lipinski definition) is 5. The van der Waals surface area contributed by atoms with Crippen LogP contribution in [0.5, 0.6) is 0 Å². The third-order valence-corrected chi connectivity index (χ3v) is 3.97. The second-order valence-electron chi connectivity index (χ2n) is 5.50. The van der Waals surface area contributed by atoms with Gasteiger partial charge in [-0.25, -0.2) is 9.97 Å². The molecule has 4 N–H and O–H groups in total. The van der Waals surface area contributed by atoms with Gasteiger partial charge in [-0.2, -0.15) is 0 Å². The van der Waals surface area contributed by atoms with Crippen molar-refractivity contribution >= 4 is 22.7 Å². The molecule has 0 spiro atoms. The largest absolute Gasteiger partial charge is 0.393 e. The maximum absolute atomic E-state index is 9.51. The van der Waals surface area contributed by atoms with Crippen LogP contribution < -0.4 is 11.1 Å². The Morgan fingerprint density at radius 2 is 1.75 bits per heavy atom. The van der Waals surface area contributed by atoms with Gasteiger partial charge in [-0.05, 0) is 43.7 Å². The maximum atomic E-state index is 9.51. The van der Waals surface area contributed by atoms with Crippen LogP contribution in [0.1, 0.15) is 25.7 Å². The first kappa shape index (κ1) is 13.1. The van der Waals surface area contributed by atoms with Gasteiger partial charge in [0.05, 0.1) is 17.1 Å². The average Bonchev–Trinajstić information content (AvgIpc) is 2.47. The molecule has 106 valence electrons. The molecule has 0 radical (unpaired) electrons. The van der Waals surface area contributed by atoms with Crippen molar-refractivity contribution in [3.05, 3.63) is 24.3 Å². The fraction of sp³-hybridized carbons (Fsp3) is 0.467. The van der Waals surface area contributed by atoms with E-state index in [4.69, 9.17) is 5.73 Å². The number of fused-ring (bicyclic) bond motifs is 1. The highest BCUT2D eigenvalue weighted by Gasteiger charge is 2.19. The Morgan fingerprint density at radius 1 is 1.10 bits per heavy atom. The van der Waals surface area contributed by atoms with Gasteiger partial charge >= 0.3 is 0 Å². The highest BCUT2D eigenvalue weighted by molar-refractivity contribution is 5.79. The summed E-state index contributed by atoms with van der Waals surface area (Å²) in [6.07, 6.45) is 3.78. The molecular weight excluding hydrogens is 252 g/mol. The molecule has 5 heteroatoms. The maximum Gasteiger partial charge on any atom is 0.169 e. The van der Waals surface area contributed by atoms with Gasteiger partial charge in [0.1, 0.15) is 0 Å². The van der Waals surface area contributed by atoms with E-state index in [1.54, 1.807) is 0 Å². The van der Waals surface area contributed by atoms with E-state index in [9.17, 15) is 5.11 Å². The van der Waals surface area contributed by atoms with Crippen LogP contribution in [0.25, 0.3) is 11.0 Å². The second kappa shape index (κ2) is 5.63. The van der Waals surface area contributed by atoms with Gasteiger partial charge in [-0.3, -0.25) is 0 Å². The van der Waals surface area contributed by atoms with E-state index < -0.39 is 0 Å². The van der Waals surface area contributed by atoms with Crippen LogP contribution in [0.4, 0.5) is 11.6 Å². The fourth-order valence-corrected chi connectivity index (χ4v) is 2.73. The molecule has 1 aromatic carbocycles. The summed E-state index contributed by atoms with van der Waals surface area (Å²) in [5, 5.41) is 12.8. The first-order valence-corrected chi connectivity index (χ1v) is 7.16. The Bertz CT molecular complexity index is 593. The number of hydrogen-bond donors (Lipinski definition) is 3. The predicted molar refractivity (Wildman–Crippen MR) is 80.4 cm³/mol. The summed E-state index contributed by atoms with van der Waals surface area (Å²) in [4.78, 5) is 8.89. The molecule has 0 saturated heterocycles.